The van der Waals surface area contributed by atoms with Gasteiger partial charge in [0.15, 0.2) is 0 Å². The first kappa shape index (κ1) is 15.5. The maximum atomic E-state index is 5.98. The Morgan fingerprint density at radius 2 is 1.22 bits per heavy atom. The smallest absolute Gasteiger partial charge is 0.246 e. The van der Waals surface area contributed by atoms with Crippen LogP contribution < -0.4 is 0 Å². The highest BCUT2D eigenvalue weighted by Gasteiger charge is 2.16. The summed E-state index contributed by atoms with van der Waals surface area (Å²) in [6.07, 6.45) is 0. The predicted octanol–water partition coefficient (Wildman–Crippen LogP) is 7.36. The molecule has 2 heterocycles. The summed E-state index contributed by atoms with van der Waals surface area (Å²) >= 11 is 7.19. The molecule has 0 radical (unpaired) electrons. The van der Waals surface area contributed by atoms with Crippen LogP contribution in [0.5, 0.6) is 0 Å². The lowest BCUT2D eigenvalue weighted by Crippen LogP contribution is -1.90. The van der Waals surface area contributed by atoms with Gasteiger partial charge in [0.05, 0.1) is 5.52 Å². The van der Waals surface area contributed by atoms with Crippen molar-refractivity contribution in [2.75, 3.05) is 0 Å². The number of para-hydroxylation sites is 1. The quantitative estimate of drug-likeness (QED) is 0.214. The molecule has 2 aromatic heterocycles. The molecule has 4 aromatic carbocycles. The molecule has 0 aliphatic heterocycles. The van der Waals surface area contributed by atoms with Crippen LogP contribution in [0.25, 0.3) is 54.8 Å². The second-order valence-electron chi connectivity index (χ2n) is 6.55. The lowest BCUT2D eigenvalue weighted by atomic mass is 9.99. The van der Waals surface area contributed by atoms with Gasteiger partial charge in [0, 0.05) is 25.1 Å². The fraction of sp³-hybridized carbons (Fsp3) is 0. The molecular weight excluding hydrogens is 468 g/mol. The van der Waals surface area contributed by atoms with E-state index in [4.69, 9.17) is 14.4 Å². The number of fused-ring (bicyclic) bond motifs is 9. The summed E-state index contributed by atoms with van der Waals surface area (Å²) in [5.41, 5.74) is 3.91. The molecule has 0 aliphatic rings. The first-order chi connectivity index (χ1) is 13.2. The molecule has 0 bridgehead atoms. The van der Waals surface area contributed by atoms with E-state index < -0.39 is 0 Å². The molecule has 5 heteroatoms. The number of hydrogen-bond donors (Lipinski definition) is 0. The molecule has 0 aliphatic carbocycles. The number of benzene rings is 4. The van der Waals surface area contributed by atoms with Crippen LogP contribution in [0.1, 0.15) is 0 Å². The third-order valence-electron chi connectivity index (χ3n) is 4.98. The molecule has 6 aromatic rings. The van der Waals surface area contributed by atoms with Crippen molar-refractivity contribution in [3.8, 4) is 0 Å². The first-order valence-corrected chi connectivity index (χ1v) is 10.1. The maximum Gasteiger partial charge on any atom is 0.246 e. The summed E-state index contributed by atoms with van der Waals surface area (Å²) in [6, 6.07) is 20.5. The predicted molar refractivity (Wildman–Crippen MR) is 117 cm³/mol. The normalized spacial score (nSPS) is 12.1. The molecule has 27 heavy (non-hydrogen) atoms. The fourth-order valence-corrected chi connectivity index (χ4v) is 4.51. The maximum absolute atomic E-state index is 5.98. The molecule has 0 spiro atoms. The molecule has 0 saturated heterocycles. The minimum atomic E-state index is 0.569. The third-order valence-corrected chi connectivity index (χ3v) is 5.96. The van der Waals surface area contributed by atoms with E-state index >= 15 is 0 Å². The standard InChI is InChI=1S/C22H10Br2N2O/c23-11-5-7-13-14-8-6-12(24)10-17(14)20-19(16(13)9-11)25-21-15-3-1-2-4-18(15)27-22(21)26-20/h1-10H. The number of rotatable bonds is 0. The van der Waals surface area contributed by atoms with E-state index in [1.807, 2.05) is 24.3 Å². The lowest BCUT2D eigenvalue weighted by molar-refractivity contribution is 0.655. The largest absolute Gasteiger partial charge is 0.436 e. The number of aromatic nitrogens is 2. The Bertz CT molecular complexity index is 1550. The van der Waals surface area contributed by atoms with Crippen molar-refractivity contribution in [2.24, 2.45) is 0 Å². The van der Waals surface area contributed by atoms with Gasteiger partial charge in [0.25, 0.3) is 0 Å². The van der Waals surface area contributed by atoms with Crippen LogP contribution >= 0.6 is 31.9 Å². The summed E-state index contributed by atoms with van der Waals surface area (Å²) in [4.78, 5) is 9.92. The fourth-order valence-electron chi connectivity index (χ4n) is 3.79. The van der Waals surface area contributed by atoms with Crippen molar-refractivity contribution in [2.45, 2.75) is 0 Å². The van der Waals surface area contributed by atoms with Crippen molar-refractivity contribution < 1.29 is 4.42 Å². The Balaban J connectivity index is 1.95. The van der Waals surface area contributed by atoms with Crippen LogP contribution in [0.4, 0.5) is 0 Å². The second-order valence-corrected chi connectivity index (χ2v) is 8.38. The van der Waals surface area contributed by atoms with E-state index in [9.17, 15) is 0 Å². The molecular formula is C22H10Br2N2O. The Morgan fingerprint density at radius 1 is 0.593 bits per heavy atom. The van der Waals surface area contributed by atoms with E-state index in [1.165, 1.54) is 0 Å². The molecule has 3 nitrogen and oxygen atoms in total. The molecule has 6 rings (SSSR count). The highest BCUT2D eigenvalue weighted by molar-refractivity contribution is 9.10. The molecule has 0 fully saturated rings. The van der Waals surface area contributed by atoms with Crippen LogP contribution in [0.3, 0.4) is 0 Å². The van der Waals surface area contributed by atoms with Crippen LogP contribution in [0.15, 0.2) is 74.0 Å². The van der Waals surface area contributed by atoms with Crippen molar-refractivity contribution >= 4 is 86.6 Å². The molecule has 0 unspecified atom stereocenters. The van der Waals surface area contributed by atoms with Crippen molar-refractivity contribution in [1.82, 2.24) is 9.97 Å². The monoisotopic (exact) mass is 476 g/mol. The van der Waals surface area contributed by atoms with Crippen molar-refractivity contribution in [3.05, 3.63) is 69.6 Å². The average Bonchev–Trinajstić information content (AvgIpc) is 3.04. The van der Waals surface area contributed by atoms with E-state index in [1.54, 1.807) is 0 Å². The Morgan fingerprint density at radius 3 is 1.93 bits per heavy atom. The van der Waals surface area contributed by atoms with Gasteiger partial charge < -0.3 is 4.42 Å². The van der Waals surface area contributed by atoms with Gasteiger partial charge in [0.1, 0.15) is 16.6 Å². The van der Waals surface area contributed by atoms with Crippen LogP contribution in [0, 0.1) is 0 Å². The zero-order chi connectivity index (χ0) is 18.1. The van der Waals surface area contributed by atoms with E-state index in [2.05, 4.69) is 68.3 Å². The molecule has 0 atom stereocenters. The minimum Gasteiger partial charge on any atom is -0.436 e. The Hall–Kier alpha value is -2.50. The van der Waals surface area contributed by atoms with E-state index in [0.717, 1.165) is 58.0 Å². The molecule has 0 saturated carbocycles. The minimum absolute atomic E-state index is 0.569. The van der Waals surface area contributed by atoms with Crippen molar-refractivity contribution in [3.63, 3.8) is 0 Å². The van der Waals surface area contributed by atoms with E-state index in [0.29, 0.717) is 5.71 Å². The SMILES string of the molecule is Brc1ccc2c3ccc(Br)cc3c3nc4c(nc3c2c1)oc1ccccc14. The summed E-state index contributed by atoms with van der Waals surface area (Å²) < 4.78 is 8.01. The second kappa shape index (κ2) is 5.50. The van der Waals surface area contributed by atoms with Crippen LogP contribution in [-0.2, 0) is 0 Å². The first-order valence-electron chi connectivity index (χ1n) is 8.48. The number of hydrogen-bond acceptors (Lipinski definition) is 3. The molecule has 0 N–H and O–H groups in total. The third kappa shape index (κ3) is 2.19. The summed E-state index contributed by atoms with van der Waals surface area (Å²) in [5, 5.41) is 5.44. The van der Waals surface area contributed by atoms with Crippen LogP contribution in [-0.4, -0.2) is 9.97 Å². The Kier molecular flexibility index (Phi) is 3.17. The number of halogens is 2. The highest BCUT2D eigenvalue weighted by atomic mass is 79.9. The lowest BCUT2D eigenvalue weighted by Gasteiger charge is -2.10. The van der Waals surface area contributed by atoms with Gasteiger partial charge in [-0.1, -0.05) is 56.1 Å². The van der Waals surface area contributed by atoms with Gasteiger partial charge >= 0.3 is 0 Å². The molecule has 0 amide bonds. The van der Waals surface area contributed by atoms with Gasteiger partial charge in [-0.25, -0.2) is 9.97 Å². The Labute approximate surface area is 170 Å². The zero-order valence-corrected chi connectivity index (χ0v) is 17.0. The van der Waals surface area contributed by atoms with E-state index in [-0.39, 0.29) is 0 Å². The van der Waals surface area contributed by atoms with Gasteiger partial charge in [0.2, 0.25) is 5.71 Å². The summed E-state index contributed by atoms with van der Waals surface area (Å²) in [6.45, 7) is 0. The zero-order valence-electron chi connectivity index (χ0n) is 13.8. The highest BCUT2D eigenvalue weighted by Crippen LogP contribution is 2.38. The van der Waals surface area contributed by atoms with Gasteiger partial charge in [-0.15, -0.1) is 0 Å². The van der Waals surface area contributed by atoms with Crippen LogP contribution in [0.2, 0.25) is 0 Å². The van der Waals surface area contributed by atoms with Gasteiger partial charge in [-0.05, 0) is 47.2 Å². The summed E-state index contributed by atoms with van der Waals surface area (Å²) in [7, 11) is 0. The van der Waals surface area contributed by atoms with Crippen molar-refractivity contribution in [1.29, 1.82) is 0 Å². The number of furan rings is 1. The average molecular weight is 478 g/mol. The van der Waals surface area contributed by atoms with Gasteiger partial charge in [-0.3, -0.25) is 0 Å². The van der Waals surface area contributed by atoms with Gasteiger partial charge in [-0.2, -0.15) is 0 Å². The summed E-state index contributed by atoms with van der Waals surface area (Å²) in [5.74, 6) is 0. The molecule has 128 valence electrons. The number of nitrogens with zero attached hydrogens (tertiary/aromatic N) is 2. The topological polar surface area (TPSA) is 38.9 Å².